The fraction of sp³-hybridized carbons (Fsp3) is 0.368. The number of piperazine rings is 1. The zero-order valence-electron chi connectivity index (χ0n) is 16.0. The topological polar surface area (TPSA) is 61.9 Å². The number of sulfonamides is 1. The van der Waals surface area contributed by atoms with E-state index in [9.17, 15) is 17.2 Å². The van der Waals surface area contributed by atoms with Gasteiger partial charge in [0.15, 0.2) is 0 Å². The van der Waals surface area contributed by atoms with Crippen molar-refractivity contribution in [3.8, 4) is 5.75 Å². The number of nitrogens with one attached hydrogen (secondary N) is 1. The maximum atomic E-state index is 13.1. The lowest BCUT2D eigenvalue weighted by Crippen LogP contribution is -2.43. The Morgan fingerprint density at radius 3 is 2.41 bits per heavy atom. The van der Waals surface area contributed by atoms with E-state index in [0.717, 1.165) is 37.4 Å². The van der Waals surface area contributed by atoms with E-state index < -0.39 is 16.6 Å². The van der Waals surface area contributed by atoms with Gasteiger partial charge in [-0.15, -0.1) is 0 Å². The number of rotatable bonds is 6. The van der Waals surface area contributed by atoms with Crippen LogP contribution in [0.15, 0.2) is 41.3 Å². The first-order chi connectivity index (χ1) is 13.7. The molecule has 0 spiro atoms. The third kappa shape index (κ3) is 4.73. The molecule has 0 saturated carbocycles. The molecule has 1 aliphatic heterocycles. The summed E-state index contributed by atoms with van der Waals surface area (Å²) in [5, 5.41) is 3.26. The molecule has 1 aliphatic rings. The summed E-state index contributed by atoms with van der Waals surface area (Å²) in [5.74, 6) is -0.174. The standard InChI is InChI=1S/C19H22ClF2N3O3S/c1-13-4-6-16(12-17(13)24-9-7-23-8-10-24)29(26,27)25(20)18-11-15(28-19(21)22)5-3-14(18)2/h3-6,11-12,19,23H,7-10H2,1-2H3. The van der Waals surface area contributed by atoms with Gasteiger partial charge in [-0.05, 0) is 43.2 Å². The zero-order valence-corrected chi connectivity index (χ0v) is 17.6. The van der Waals surface area contributed by atoms with Crippen molar-refractivity contribution in [2.24, 2.45) is 0 Å². The van der Waals surface area contributed by atoms with Crippen LogP contribution in [0.5, 0.6) is 5.75 Å². The number of benzene rings is 2. The molecule has 1 heterocycles. The van der Waals surface area contributed by atoms with E-state index >= 15 is 0 Å². The van der Waals surface area contributed by atoms with Gasteiger partial charge in [0.05, 0.1) is 10.6 Å². The van der Waals surface area contributed by atoms with Crippen molar-refractivity contribution in [1.29, 1.82) is 0 Å². The molecule has 0 bridgehead atoms. The Bertz CT molecular complexity index is 983. The van der Waals surface area contributed by atoms with E-state index in [1.165, 1.54) is 24.3 Å². The fourth-order valence-corrected chi connectivity index (χ4v) is 4.74. The Kier molecular flexibility index (Phi) is 6.50. The Balaban J connectivity index is 1.96. The van der Waals surface area contributed by atoms with Gasteiger partial charge in [-0.1, -0.05) is 12.1 Å². The average Bonchev–Trinajstić information content (AvgIpc) is 2.69. The summed E-state index contributed by atoms with van der Waals surface area (Å²) in [5.41, 5.74) is 2.33. The summed E-state index contributed by atoms with van der Waals surface area (Å²) in [4.78, 5) is 2.14. The second-order valence-corrected chi connectivity index (χ2v) is 9.06. The maximum absolute atomic E-state index is 13.1. The molecule has 6 nitrogen and oxygen atoms in total. The third-order valence-electron chi connectivity index (χ3n) is 4.74. The fourth-order valence-electron chi connectivity index (χ4n) is 3.17. The summed E-state index contributed by atoms with van der Waals surface area (Å²) in [6, 6.07) is 8.80. The minimum absolute atomic E-state index is 0.0196. The number of anilines is 2. The van der Waals surface area contributed by atoms with E-state index in [1.54, 1.807) is 19.1 Å². The van der Waals surface area contributed by atoms with Crippen molar-refractivity contribution < 1.29 is 21.9 Å². The van der Waals surface area contributed by atoms with Crippen molar-refractivity contribution in [2.45, 2.75) is 25.4 Å². The van der Waals surface area contributed by atoms with Gasteiger partial charge in [0.25, 0.3) is 10.0 Å². The molecule has 0 aromatic heterocycles. The quantitative estimate of drug-likeness (QED) is 0.687. The molecule has 29 heavy (non-hydrogen) atoms. The molecule has 1 N–H and O–H groups in total. The number of aryl methyl sites for hydroxylation is 2. The lowest BCUT2D eigenvalue weighted by molar-refractivity contribution is -0.0498. The van der Waals surface area contributed by atoms with Gasteiger partial charge in [-0.25, -0.2) is 0 Å². The van der Waals surface area contributed by atoms with Crippen molar-refractivity contribution >= 4 is 33.2 Å². The number of ether oxygens (including phenoxy) is 1. The van der Waals surface area contributed by atoms with Crippen LogP contribution in [0.4, 0.5) is 20.2 Å². The molecule has 0 unspecified atom stereocenters. The summed E-state index contributed by atoms with van der Waals surface area (Å²) >= 11 is 6.20. The molecule has 0 radical (unpaired) electrons. The number of hydrogen-bond acceptors (Lipinski definition) is 5. The van der Waals surface area contributed by atoms with Crippen molar-refractivity contribution in [3.05, 3.63) is 47.5 Å². The van der Waals surface area contributed by atoms with Crippen LogP contribution in [-0.4, -0.2) is 41.2 Å². The molecule has 2 aromatic carbocycles. The van der Waals surface area contributed by atoms with Crippen LogP contribution in [-0.2, 0) is 10.0 Å². The minimum Gasteiger partial charge on any atom is -0.435 e. The zero-order chi connectivity index (χ0) is 21.2. The smallest absolute Gasteiger partial charge is 0.387 e. The van der Waals surface area contributed by atoms with Gasteiger partial charge < -0.3 is 15.0 Å². The number of hydrogen-bond donors (Lipinski definition) is 1. The van der Waals surface area contributed by atoms with Gasteiger partial charge in [0.1, 0.15) is 5.75 Å². The lowest BCUT2D eigenvalue weighted by Gasteiger charge is -2.31. The molecular formula is C19H22ClF2N3O3S. The summed E-state index contributed by atoms with van der Waals surface area (Å²) in [7, 11) is -4.12. The number of halogens is 3. The molecule has 0 atom stereocenters. The summed E-state index contributed by atoms with van der Waals surface area (Å²) in [6.45, 7) is 3.68. The molecule has 2 aromatic rings. The molecule has 3 rings (SSSR count). The monoisotopic (exact) mass is 445 g/mol. The Morgan fingerprint density at radius 1 is 1.10 bits per heavy atom. The van der Waals surface area contributed by atoms with Crippen molar-refractivity contribution in [3.63, 3.8) is 0 Å². The van der Waals surface area contributed by atoms with Gasteiger partial charge in [0, 0.05) is 49.7 Å². The van der Waals surface area contributed by atoms with Gasteiger partial charge >= 0.3 is 6.61 Å². The Labute approximate surface area is 174 Å². The Hall–Kier alpha value is -2.10. The maximum Gasteiger partial charge on any atom is 0.387 e. The molecule has 1 fully saturated rings. The van der Waals surface area contributed by atoms with Gasteiger partial charge in [0.2, 0.25) is 0 Å². The minimum atomic E-state index is -4.12. The normalized spacial score (nSPS) is 14.9. The predicted octanol–water partition coefficient (Wildman–Crippen LogP) is 3.66. The molecule has 158 valence electrons. The first-order valence-corrected chi connectivity index (χ1v) is 10.8. The number of nitrogens with zero attached hydrogens (tertiary/aromatic N) is 2. The second kappa shape index (κ2) is 8.73. The lowest BCUT2D eigenvalue weighted by atomic mass is 10.1. The SMILES string of the molecule is Cc1ccc(S(=O)(=O)N(Cl)c2cc(OC(F)F)ccc2C)cc1N1CCNCC1. The number of alkyl halides is 2. The largest absolute Gasteiger partial charge is 0.435 e. The Morgan fingerprint density at radius 2 is 1.76 bits per heavy atom. The van der Waals surface area contributed by atoms with E-state index in [1.807, 2.05) is 6.92 Å². The molecule has 0 aliphatic carbocycles. The van der Waals surface area contributed by atoms with Crippen LogP contribution < -0.4 is 18.8 Å². The van der Waals surface area contributed by atoms with Crippen LogP contribution >= 0.6 is 11.8 Å². The second-order valence-electron chi connectivity index (χ2n) is 6.73. The van der Waals surface area contributed by atoms with Crippen molar-refractivity contribution in [2.75, 3.05) is 34.9 Å². The first kappa shape index (κ1) is 21.6. The summed E-state index contributed by atoms with van der Waals surface area (Å²) < 4.78 is 56.3. The highest BCUT2D eigenvalue weighted by molar-refractivity contribution is 7.94. The van der Waals surface area contributed by atoms with Crippen LogP contribution in [0.25, 0.3) is 0 Å². The van der Waals surface area contributed by atoms with E-state index in [0.29, 0.717) is 9.39 Å². The summed E-state index contributed by atoms with van der Waals surface area (Å²) in [6.07, 6.45) is 0. The first-order valence-electron chi connectivity index (χ1n) is 9.03. The molecular weight excluding hydrogens is 424 g/mol. The van der Waals surface area contributed by atoms with Crippen LogP contribution in [0.3, 0.4) is 0 Å². The molecule has 0 amide bonds. The van der Waals surface area contributed by atoms with E-state index in [4.69, 9.17) is 11.8 Å². The van der Waals surface area contributed by atoms with Gasteiger partial charge in [-0.2, -0.15) is 21.0 Å². The predicted molar refractivity (Wildman–Crippen MR) is 110 cm³/mol. The van der Waals surface area contributed by atoms with Crippen molar-refractivity contribution in [1.82, 2.24) is 5.32 Å². The molecule has 10 heteroatoms. The van der Waals surface area contributed by atoms with E-state index in [2.05, 4.69) is 15.0 Å². The van der Waals surface area contributed by atoms with Crippen LogP contribution in [0, 0.1) is 13.8 Å². The average molecular weight is 446 g/mol. The highest BCUT2D eigenvalue weighted by Gasteiger charge is 2.27. The molecule has 1 saturated heterocycles. The van der Waals surface area contributed by atoms with Crippen LogP contribution in [0.1, 0.15) is 11.1 Å². The van der Waals surface area contributed by atoms with Gasteiger partial charge in [-0.3, -0.25) is 0 Å². The highest BCUT2D eigenvalue weighted by Crippen LogP contribution is 2.34. The third-order valence-corrected chi connectivity index (χ3v) is 6.94. The highest BCUT2D eigenvalue weighted by atomic mass is 35.5. The van der Waals surface area contributed by atoms with Crippen LogP contribution in [0.2, 0.25) is 0 Å². The van der Waals surface area contributed by atoms with E-state index in [-0.39, 0.29) is 16.3 Å².